The van der Waals surface area contributed by atoms with Crippen LogP contribution in [0.25, 0.3) is 0 Å². The molecule has 7 heteroatoms. The van der Waals surface area contributed by atoms with E-state index < -0.39 is 29.7 Å². The molecule has 0 aliphatic carbocycles. The van der Waals surface area contributed by atoms with Gasteiger partial charge in [0.05, 0.1) is 0 Å². The number of hydrogen-bond acceptors (Lipinski definition) is 2. The Bertz CT molecular complexity index is 409. The molecule has 0 fully saturated rings. The minimum Gasteiger partial charge on any atom is -0.478 e. The maximum Gasteiger partial charge on any atom is 0.387 e. The fourth-order valence-corrected chi connectivity index (χ4v) is 1.62. The molecule has 0 spiro atoms. The minimum atomic E-state index is -3.21. The molecule has 16 heavy (non-hydrogen) atoms. The van der Waals surface area contributed by atoms with E-state index in [0.717, 1.165) is 6.07 Å². The molecule has 0 heterocycles. The van der Waals surface area contributed by atoms with Crippen molar-refractivity contribution in [1.82, 2.24) is 0 Å². The fourth-order valence-electron chi connectivity index (χ4n) is 1.17. The maximum absolute atomic E-state index is 13.0. The van der Waals surface area contributed by atoms with Crippen LogP contribution in [-0.4, -0.2) is 17.7 Å². The molecule has 0 bridgehead atoms. The van der Waals surface area contributed by atoms with Crippen LogP contribution in [0.1, 0.15) is 15.9 Å². The number of aromatic carboxylic acids is 1. The molecule has 0 saturated heterocycles. The molecule has 1 aromatic rings. The molecule has 88 valence electrons. The lowest BCUT2D eigenvalue weighted by Crippen LogP contribution is -2.10. The van der Waals surface area contributed by atoms with Gasteiger partial charge in [-0.2, -0.15) is 8.78 Å². The lowest BCUT2D eigenvalue weighted by molar-refractivity contribution is -0.0505. The number of carbonyl (C=O) groups is 1. The molecule has 0 aromatic heterocycles. The molecular weight excluding hydrogens is 293 g/mol. The van der Waals surface area contributed by atoms with Crippen LogP contribution >= 0.6 is 15.9 Å². The lowest BCUT2D eigenvalue weighted by atomic mass is 10.1. The first-order valence-electron chi connectivity index (χ1n) is 4.02. The minimum absolute atomic E-state index is 0.0198. The Labute approximate surface area is 97.0 Å². The molecule has 0 atom stereocenters. The fraction of sp³-hybridized carbons (Fsp3) is 0.222. The number of benzene rings is 1. The van der Waals surface area contributed by atoms with Crippen molar-refractivity contribution < 1.29 is 27.8 Å². The summed E-state index contributed by atoms with van der Waals surface area (Å²) in [5.41, 5.74) is -0.443. The molecule has 0 unspecified atom stereocenters. The number of carboxylic acid groups (broad SMARTS) is 1. The van der Waals surface area contributed by atoms with Gasteiger partial charge >= 0.3 is 12.6 Å². The number of halogens is 4. The van der Waals surface area contributed by atoms with Crippen molar-refractivity contribution in [3.8, 4) is 5.75 Å². The summed E-state index contributed by atoms with van der Waals surface area (Å²) in [7, 11) is 0. The molecule has 1 N–H and O–H groups in total. The van der Waals surface area contributed by atoms with E-state index in [9.17, 15) is 18.0 Å². The summed E-state index contributed by atoms with van der Waals surface area (Å²) in [5.74, 6) is -2.97. The standard InChI is InChI=1S/C9H6BrF3O3/c10-3-4-1-5(11)2-6(16-9(12)13)7(4)8(14)15/h1-2,9H,3H2,(H,14,15). The molecule has 3 nitrogen and oxygen atoms in total. The highest BCUT2D eigenvalue weighted by atomic mass is 79.9. The molecule has 0 aliphatic heterocycles. The highest BCUT2D eigenvalue weighted by Crippen LogP contribution is 2.27. The number of carboxylic acids is 1. The Balaban J connectivity index is 3.32. The molecule has 0 amide bonds. The summed E-state index contributed by atoms with van der Waals surface area (Å²) in [6, 6.07) is 1.55. The van der Waals surface area contributed by atoms with Gasteiger partial charge in [0.2, 0.25) is 0 Å². The zero-order valence-electron chi connectivity index (χ0n) is 7.71. The first-order valence-corrected chi connectivity index (χ1v) is 5.14. The van der Waals surface area contributed by atoms with Crippen LogP contribution < -0.4 is 4.74 Å². The van der Waals surface area contributed by atoms with Gasteiger partial charge in [0.1, 0.15) is 17.1 Å². The average Bonchev–Trinajstić information content (AvgIpc) is 2.14. The van der Waals surface area contributed by atoms with Crippen molar-refractivity contribution in [2.24, 2.45) is 0 Å². The van der Waals surface area contributed by atoms with Crippen molar-refractivity contribution >= 4 is 21.9 Å². The van der Waals surface area contributed by atoms with Gasteiger partial charge in [0.15, 0.2) is 0 Å². The Hall–Kier alpha value is -1.24. The Morgan fingerprint density at radius 2 is 2.12 bits per heavy atom. The number of rotatable bonds is 4. The van der Waals surface area contributed by atoms with Crippen LogP contribution in [0.4, 0.5) is 13.2 Å². The van der Waals surface area contributed by atoms with Crippen molar-refractivity contribution in [3.63, 3.8) is 0 Å². The van der Waals surface area contributed by atoms with Crippen molar-refractivity contribution in [2.45, 2.75) is 11.9 Å². The summed E-state index contributed by atoms with van der Waals surface area (Å²) < 4.78 is 40.9. The zero-order valence-corrected chi connectivity index (χ0v) is 9.30. The second-order valence-electron chi connectivity index (χ2n) is 2.76. The summed E-state index contributed by atoms with van der Waals surface area (Å²) >= 11 is 2.94. The van der Waals surface area contributed by atoms with Crippen LogP contribution in [0.2, 0.25) is 0 Å². The summed E-state index contributed by atoms with van der Waals surface area (Å²) in [5, 5.41) is 8.83. The maximum atomic E-state index is 13.0. The number of ether oxygens (including phenoxy) is 1. The van der Waals surface area contributed by atoms with Crippen molar-refractivity contribution in [1.29, 1.82) is 0 Å². The Morgan fingerprint density at radius 3 is 2.56 bits per heavy atom. The third-order valence-electron chi connectivity index (χ3n) is 1.72. The van der Waals surface area contributed by atoms with E-state index in [4.69, 9.17) is 5.11 Å². The van der Waals surface area contributed by atoms with Crippen molar-refractivity contribution in [3.05, 3.63) is 29.1 Å². The van der Waals surface area contributed by atoms with E-state index in [2.05, 4.69) is 20.7 Å². The van der Waals surface area contributed by atoms with E-state index in [-0.39, 0.29) is 10.9 Å². The van der Waals surface area contributed by atoms with Crippen molar-refractivity contribution in [2.75, 3.05) is 0 Å². The van der Waals surface area contributed by atoms with E-state index in [1.807, 2.05) is 0 Å². The normalized spacial score (nSPS) is 10.6. The van der Waals surface area contributed by atoms with Crippen LogP contribution in [0, 0.1) is 5.82 Å². The highest BCUT2D eigenvalue weighted by Gasteiger charge is 2.20. The Kier molecular flexibility index (Phi) is 4.17. The van der Waals surface area contributed by atoms with E-state index in [0.29, 0.717) is 6.07 Å². The second kappa shape index (κ2) is 5.20. The number of hydrogen-bond donors (Lipinski definition) is 1. The smallest absolute Gasteiger partial charge is 0.387 e. The monoisotopic (exact) mass is 298 g/mol. The summed E-state index contributed by atoms with van der Waals surface area (Å²) in [6.45, 7) is -3.21. The molecule has 1 rings (SSSR count). The summed E-state index contributed by atoms with van der Waals surface area (Å²) in [4.78, 5) is 10.8. The third-order valence-corrected chi connectivity index (χ3v) is 2.33. The van der Waals surface area contributed by atoms with Gasteiger partial charge in [-0.3, -0.25) is 0 Å². The first-order chi connectivity index (χ1) is 7.45. The summed E-state index contributed by atoms with van der Waals surface area (Å²) in [6.07, 6.45) is 0. The van der Waals surface area contributed by atoms with Gasteiger partial charge in [-0.1, -0.05) is 15.9 Å². The van der Waals surface area contributed by atoms with Crippen LogP contribution in [0.3, 0.4) is 0 Å². The quantitative estimate of drug-likeness (QED) is 0.869. The van der Waals surface area contributed by atoms with Gasteiger partial charge in [0, 0.05) is 11.4 Å². The van der Waals surface area contributed by atoms with Crippen LogP contribution in [0.5, 0.6) is 5.75 Å². The predicted molar refractivity (Wildman–Crippen MR) is 52.6 cm³/mol. The van der Waals surface area contributed by atoms with Gasteiger partial charge in [-0.15, -0.1) is 0 Å². The number of alkyl halides is 3. The lowest BCUT2D eigenvalue weighted by Gasteiger charge is -2.11. The molecule has 0 radical (unpaired) electrons. The zero-order chi connectivity index (χ0) is 12.3. The van der Waals surface area contributed by atoms with Crippen LogP contribution in [-0.2, 0) is 5.33 Å². The van der Waals surface area contributed by atoms with E-state index in [1.165, 1.54) is 0 Å². The molecule has 1 aromatic carbocycles. The largest absolute Gasteiger partial charge is 0.478 e. The van der Waals surface area contributed by atoms with Gasteiger partial charge in [-0.25, -0.2) is 9.18 Å². The molecular formula is C9H6BrF3O3. The topological polar surface area (TPSA) is 46.5 Å². The van der Waals surface area contributed by atoms with E-state index in [1.54, 1.807) is 0 Å². The van der Waals surface area contributed by atoms with E-state index >= 15 is 0 Å². The van der Waals surface area contributed by atoms with Gasteiger partial charge in [0.25, 0.3) is 0 Å². The molecule has 0 saturated carbocycles. The van der Waals surface area contributed by atoms with Gasteiger partial charge in [-0.05, 0) is 11.6 Å². The molecule has 0 aliphatic rings. The van der Waals surface area contributed by atoms with Gasteiger partial charge < -0.3 is 9.84 Å². The first kappa shape index (κ1) is 12.8. The SMILES string of the molecule is O=C(O)c1c(CBr)cc(F)cc1OC(F)F. The van der Waals surface area contributed by atoms with Crippen LogP contribution in [0.15, 0.2) is 12.1 Å². The average molecular weight is 299 g/mol. The third kappa shape index (κ3) is 2.88. The Morgan fingerprint density at radius 1 is 1.50 bits per heavy atom. The highest BCUT2D eigenvalue weighted by molar-refractivity contribution is 9.08. The second-order valence-corrected chi connectivity index (χ2v) is 3.32. The predicted octanol–water partition coefficient (Wildman–Crippen LogP) is 3.02.